The lowest BCUT2D eigenvalue weighted by molar-refractivity contribution is -0.121. The Bertz CT molecular complexity index is 649. The molecule has 1 aromatic carbocycles. The third-order valence-corrected chi connectivity index (χ3v) is 3.90. The molecule has 1 saturated heterocycles. The summed E-state index contributed by atoms with van der Waals surface area (Å²) >= 11 is 0. The summed E-state index contributed by atoms with van der Waals surface area (Å²) in [6.45, 7) is 4.13. The molecule has 112 valence electrons. The van der Waals surface area contributed by atoms with E-state index in [1.54, 1.807) is 7.11 Å². The van der Waals surface area contributed by atoms with Crippen LogP contribution in [0.3, 0.4) is 0 Å². The summed E-state index contributed by atoms with van der Waals surface area (Å²) in [5.74, 6) is 1.00. The van der Waals surface area contributed by atoms with Crippen LogP contribution in [0.4, 0.5) is 5.69 Å². The molecule has 2 heterocycles. The van der Waals surface area contributed by atoms with Gasteiger partial charge in [0, 0.05) is 18.7 Å². The summed E-state index contributed by atoms with van der Waals surface area (Å²) in [5.41, 5.74) is 2.15. The molecular weight excluding hydrogens is 270 g/mol. The van der Waals surface area contributed by atoms with E-state index in [4.69, 9.17) is 9.15 Å². The molecule has 0 radical (unpaired) electrons. The summed E-state index contributed by atoms with van der Waals surface area (Å²) in [6.07, 6.45) is 0. The molecule has 1 amide bonds. The third-order valence-electron chi connectivity index (χ3n) is 3.90. The highest BCUT2D eigenvalue weighted by Crippen LogP contribution is 2.22. The van der Waals surface area contributed by atoms with Crippen LogP contribution in [0.15, 0.2) is 22.6 Å². The molecule has 2 N–H and O–H groups in total. The van der Waals surface area contributed by atoms with Crippen molar-refractivity contribution in [1.82, 2.24) is 10.3 Å². The number of hydrogen-bond acceptors (Lipinski definition) is 5. The number of nitrogens with zero attached hydrogens (tertiary/aromatic N) is 1. The Morgan fingerprint density at radius 1 is 1.57 bits per heavy atom. The molecule has 21 heavy (non-hydrogen) atoms. The van der Waals surface area contributed by atoms with Crippen molar-refractivity contribution in [2.75, 3.05) is 25.5 Å². The minimum absolute atomic E-state index is 0.00306. The molecule has 0 saturated carbocycles. The Balaban J connectivity index is 1.72. The van der Waals surface area contributed by atoms with Crippen LogP contribution in [-0.2, 0) is 16.1 Å². The highest BCUT2D eigenvalue weighted by molar-refractivity contribution is 5.94. The van der Waals surface area contributed by atoms with Crippen LogP contribution >= 0.6 is 0 Å². The second-order valence-electron chi connectivity index (χ2n) is 5.42. The quantitative estimate of drug-likeness (QED) is 0.877. The molecule has 1 fully saturated rings. The van der Waals surface area contributed by atoms with Crippen LogP contribution in [0.25, 0.3) is 11.1 Å². The number of anilines is 1. The first-order valence-electron chi connectivity index (χ1n) is 7.07. The minimum Gasteiger partial charge on any atom is -0.438 e. The second-order valence-corrected chi connectivity index (χ2v) is 5.42. The summed E-state index contributed by atoms with van der Waals surface area (Å²) in [5, 5.41) is 6.13. The van der Waals surface area contributed by atoms with Gasteiger partial charge in [0.15, 0.2) is 5.58 Å². The number of oxazole rings is 1. The number of methoxy groups -OCH3 is 1. The van der Waals surface area contributed by atoms with Gasteiger partial charge in [-0.1, -0.05) is 6.92 Å². The van der Waals surface area contributed by atoms with E-state index in [-0.39, 0.29) is 11.8 Å². The van der Waals surface area contributed by atoms with Gasteiger partial charge in [0.05, 0.1) is 0 Å². The van der Waals surface area contributed by atoms with E-state index in [0.29, 0.717) is 24.0 Å². The van der Waals surface area contributed by atoms with E-state index >= 15 is 0 Å². The number of amides is 1. The van der Waals surface area contributed by atoms with Gasteiger partial charge in [-0.15, -0.1) is 0 Å². The van der Waals surface area contributed by atoms with Crippen LogP contribution in [0, 0.1) is 11.8 Å². The zero-order valence-electron chi connectivity index (χ0n) is 12.2. The van der Waals surface area contributed by atoms with Crippen molar-refractivity contribution < 1.29 is 13.9 Å². The molecule has 1 aliphatic heterocycles. The Labute approximate surface area is 122 Å². The first kappa shape index (κ1) is 14.0. The minimum atomic E-state index is 0.00306. The smallest absolute Gasteiger partial charge is 0.227 e. The van der Waals surface area contributed by atoms with Gasteiger partial charge in [-0.3, -0.25) is 4.79 Å². The number of ether oxygens (including phenoxy) is 1. The highest BCUT2D eigenvalue weighted by atomic mass is 16.5. The molecule has 0 bridgehead atoms. The molecule has 6 nitrogen and oxygen atoms in total. The van der Waals surface area contributed by atoms with E-state index < -0.39 is 0 Å². The number of rotatable bonds is 5. The van der Waals surface area contributed by atoms with Crippen LogP contribution in [0.5, 0.6) is 0 Å². The van der Waals surface area contributed by atoms with E-state index in [1.165, 1.54) is 0 Å². The molecule has 1 aliphatic rings. The normalized spacial score (nSPS) is 16.7. The largest absolute Gasteiger partial charge is 0.438 e. The molecule has 2 aromatic rings. The van der Waals surface area contributed by atoms with Crippen LogP contribution in [0.1, 0.15) is 12.8 Å². The average molecular weight is 289 g/mol. The van der Waals surface area contributed by atoms with Gasteiger partial charge in [0.25, 0.3) is 0 Å². The fraction of sp³-hybridized carbons (Fsp3) is 0.467. The van der Waals surface area contributed by atoms with Crippen LogP contribution in [0.2, 0.25) is 0 Å². The number of aromatic nitrogens is 1. The molecule has 0 aliphatic carbocycles. The molecule has 0 spiro atoms. The van der Waals surface area contributed by atoms with Gasteiger partial charge in [0.2, 0.25) is 11.8 Å². The van der Waals surface area contributed by atoms with E-state index in [9.17, 15) is 4.79 Å². The first-order valence-corrected chi connectivity index (χ1v) is 7.07. The Hall–Kier alpha value is -1.92. The van der Waals surface area contributed by atoms with Gasteiger partial charge in [-0.2, -0.15) is 0 Å². The number of carbonyl (C=O) groups excluding carboxylic acids is 1. The predicted octanol–water partition coefficient (Wildman–Crippen LogP) is 1.77. The summed E-state index contributed by atoms with van der Waals surface area (Å²) in [6, 6.07) is 5.46. The average Bonchev–Trinajstić information content (AvgIpc) is 2.78. The zero-order valence-corrected chi connectivity index (χ0v) is 12.2. The summed E-state index contributed by atoms with van der Waals surface area (Å²) in [7, 11) is 1.59. The number of hydrogen-bond donors (Lipinski definition) is 2. The second kappa shape index (κ2) is 5.83. The highest BCUT2D eigenvalue weighted by Gasteiger charge is 2.28. The molecule has 3 rings (SSSR count). The number of benzene rings is 1. The predicted molar refractivity (Wildman–Crippen MR) is 78.9 cm³/mol. The third kappa shape index (κ3) is 2.91. The maximum Gasteiger partial charge on any atom is 0.227 e. The molecule has 1 aromatic heterocycles. The van der Waals surface area contributed by atoms with Crippen molar-refractivity contribution in [3.63, 3.8) is 0 Å². The first-order chi connectivity index (χ1) is 10.2. The standard InChI is InChI=1S/C15H19N3O3/c1-9(10-6-16-7-10)15(19)17-11-3-4-13-12(5-11)18-14(21-13)8-20-2/h3-5,9-10,16H,6-8H2,1-2H3,(H,17,19). The topological polar surface area (TPSA) is 76.4 Å². The Morgan fingerprint density at radius 2 is 2.38 bits per heavy atom. The van der Waals surface area contributed by atoms with Gasteiger partial charge < -0.3 is 19.8 Å². The summed E-state index contributed by atoms with van der Waals surface area (Å²) < 4.78 is 10.5. The van der Waals surface area contributed by atoms with E-state index in [2.05, 4.69) is 15.6 Å². The van der Waals surface area contributed by atoms with Gasteiger partial charge in [-0.25, -0.2) is 4.98 Å². The lowest BCUT2D eigenvalue weighted by atomic mass is 9.88. The van der Waals surface area contributed by atoms with Crippen molar-refractivity contribution in [2.45, 2.75) is 13.5 Å². The molecule has 1 unspecified atom stereocenters. The SMILES string of the molecule is COCc1nc2cc(NC(=O)C(C)C3CNC3)ccc2o1. The van der Waals surface area contributed by atoms with Crippen molar-refractivity contribution in [3.8, 4) is 0 Å². The maximum atomic E-state index is 12.2. The van der Waals surface area contributed by atoms with Crippen LogP contribution < -0.4 is 10.6 Å². The van der Waals surface area contributed by atoms with Gasteiger partial charge >= 0.3 is 0 Å². The molecule has 1 atom stereocenters. The Morgan fingerprint density at radius 3 is 3.05 bits per heavy atom. The molecule has 6 heteroatoms. The van der Waals surface area contributed by atoms with Crippen molar-refractivity contribution in [1.29, 1.82) is 0 Å². The number of fused-ring (bicyclic) bond motifs is 1. The van der Waals surface area contributed by atoms with E-state index in [0.717, 1.165) is 24.3 Å². The van der Waals surface area contributed by atoms with Gasteiger partial charge in [-0.05, 0) is 37.2 Å². The lowest BCUT2D eigenvalue weighted by Crippen LogP contribution is -2.48. The lowest BCUT2D eigenvalue weighted by Gasteiger charge is -2.31. The zero-order chi connectivity index (χ0) is 14.8. The monoisotopic (exact) mass is 289 g/mol. The van der Waals surface area contributed by atoms with Crippen molar-refractivity contribution in [3.05, 3.63) is 24.1 Å². The van der Waals surface area contributed by atoms with Crippen LogP contribution in [-0.4, -0.2) is 31.1 Å². The van der Waals surface area contributed by atoms with Gasteiger partial charge in [0.1, 0.15) is 12.1 Å². The van der Waals surface area contributed by atoms with Crippen molar-refractivity contribution >= 4 is 22.7 Å². The summed E-state index contributed by atoms with van der Waals surface area (Å²) in [4.78, 5) is 16.5. The fourth-order valence-corrected chi connectivity index (χ4v) is 2.37. The maximum absolute atomic E-state index is 12.2. The fourth-order valence-electron chi connectivity index (χ4n) is 2.37. The Kier molecular flexibility index (Phi) is 3.90. The van der Waals surface area contributed by atoms with E-state index in [1.807, 2.05) is 25.1 Å². The number of carbonyl (C=O) groups is 1. The molecular formula is C15H19N3O3. The number of nitrogens with one attached hydrogen (secondary N) is 2. The van der Waals surface area contributed by atoms with Crippen molar-refractivity contribution in [2.24, 2.45) is 11.8 Å².